The van der Waals surface area contributed by atoms with E-state index in [1.165, 1.54) is 0 Å². The van der Waals surface area contributed by atoms with E-state index in [4.69, 9.17) is 15.6 Å². The topological polar surface area (TPSA) is 98.9 Å². The van der Waals surface area contributed by atoms with Gasteiger partial charge in [-0.1, -0.05) is 0 Å². The van der Waals surface area contributed by atoms with Crippen molar-refractivity contribution in [1.29, 1.82) is 0 Å². The van der Waals surface area contributed by atoms with Crippen LogP contribution in [0, 0.1) is 0 Å². The van der Waals surface area contributed by atoms with E-state index in [0.29, 0.717) is 0 Å². The summed E-state index contributed by atoms with van der Waals surface area (Å²) < 4.78 is 9.02. The highest BCUT2D eigenvalue weighted by molar-refractivity contribution is 5.76. The van der Waals surface area contributed by atoms with Gasteiger partial charge >= 0.3 is 12.1 Å². The van der Waals surface area contributed by atoms with Crippen molar-refractivity contribution >= 4 is 12.1 Å². The van der Waals surface area contributed by atoms with E-state index in [0.717, 1.165) is 0 Å². The van der Waals surface area contributed by atoms with E-state index < -0.39 is 30.4 Å². The largest absolute Gasteiger partial charge is 0.505 e. The summed E-state index contributed by atoms with van der Waals surface area (Å²) in [6.45, 7) is 4.67. The zero-order chi connectivity index (χ0) is 11.4. The normalized spacial score (nSPS) is 13.1. The number of nitrogens with two attached hydrogens (primary N) is 1. The number of hydrogen-bond donors (Lipinski definition) is 2. The van der Waals surface area contributed by atoms with Crippen LogP contribution in [-0.4, -0.2) is 35.5 Å². The fourth-order valence-electron chi connectivity index (χ4n) is 0.607. The highest BCUT2D eigenvalue weighted by atomic mass is 16.7. The summed E-state index contributed by atoms with van der Waals surface area (Å²) in [4.78, 5) is 21.1. The average molecular weight is 205 g/mol. The minimum absolute atomic E-state index is 0.399. The molecule has 6 heteroatoms. The molecule has 0 bridgehead atoms. The molecule has 1 unspecified atom stereocenters. The third-order valence-electron chi connectivity index (χ3n) is 1.10. The Labute approximate surface area is 82.0 Å². The maximum atomic E-state index is 11.2. The van der Waals surface area contributed by atoms with Crippen LogP contribution < -0.4 is 5.73 Å². The molecular formula is C8H15NO5. The lowest BCUT2D eigenvalue weighted by atomic mass is 10.2. The lowest BCUT2D eigenvalue weighted by Gasteiger charge is -2.21. The molecule has 82 valence electrons. The van der Waals surface area contributed by atoms with Crippen molar-refractivity contribution in [3.8, 4) is 0 Å². The Morgan fingerprint density at radius 2 is 1.93 bits per heavy atom. The van der Waals surface area contributed by atoms with Crippen LogP contribution >= 0.6 is 0 Å². The van der Waals surface area contributed by atoms with Crippen LogP contribution in [0.2, 0.25) is 0 Å². The first-order valence-corrected chi connectivity index (χ1v) is 4.06. The van der Waals surface area contributed by atoms with Crippen molar-refractivity contribution in [3.63, 3.8) is 0 Å². The van der Waals surface area contributed by atoms with Gasteiger partial charge in [0.05, 0.1) is 0 Å². The van der Waals surface area contributed by atoms with Gasteiger partial charge in [0.15, 0.2) is 0 Å². The van der Waals surface area contributed by atoms with Gasteiger partial charge in [0.25, 0.3) is 0 Å². The van der Waals surface area contributed by atoms with Gasteiger partial charge < -0.3 is 20.3 Å². The standard InChI is InChI=1S/C8H15NO5/c1-8(2,3)14-6(10)5(9)4-13-7(11)12/h5H,4,9H2,1-3H3,(H,11,12). The van der Waals surface area contributed by atoms with E-state index in [-0.39, 0.29) is 0 Å². The fourth-order valence-corrected chi connectivity index (χ4v) is 0.607. The molecule has 0 fully saturated rings. The minimum Gasteiger partial charge on any atom is -0.459 e. The number of rotatable bonds is 3. The monoisotopic (exact) mass is 205 g/mol. The van der Waals surface area contributed by atoms with Crippen molar-refractivity contribution in [2.24, 2.45) is 5.73 Å². The third-order valence-corrected chi connectivity index (χ3v) is 1.10. The van der Waals surface area contributed by atoms with E-state index >= 15 is 0 Å². The van der Waals surface area contributed by atoms with Crippen molar-refractivity contribution < 1.29 is 24.2 Å². The Balaban J connectivity index is 3.94. The Morgan fingerprint density at radius 1 is 1.43 bits per heavy atom. The second kappa shape index (κ2) is 4.80. The summed E-state index contributed by atoms with van der Waals surface area (Å²) in [7, 11) is 0. The van der Waals surface area contributed by atoms with Gasteiger partial charge in [-0.2, -0.15) is 0 Å². The second-order valence-corrected chi connectivity index (χ2v) is 3.72. The summed E-state index contributed by atoms with van der Waals surface area (Å²) in [5, 5.41) is 8.15. The van der Waals surface area contributed by atoms with Crippen LogP contribution in [0.1, 0.15) is 20.8 Å². The fraction of sp³-hybridized carbons (Fsp3) is 0.750. The first-order chi connectivity index (χ1) is 6.22. The van der Waals surface area contributed by atoms with E-state index in [1.54, 1.807) is 20.8 Å². The smallest absolute Gasteiger partial charge is 0.459 e. The first kappa shape index (κ1) is 12.7. The molecule has 0 aromatic rings. The van der Waals surface area contributed by atoms with E-state index in [2.05, 4.69) is 4.74 Å². The highest BCUT2D eigenvalue weighted by Gasteiger charge is 2.23. The second-order valence-electron chi connectivity index (χ2n) is 3.72. The molecule has 0 saturated heterocycles. The zero-order valence-corrected chi connectivity index (χ0v) is 8.44. The molecule has 3 N–H and O–H groups in total. The predicted molar refractivity (Wildman–Crippen MR) is 47.8 cm³/mol. The van der Waals surface area contributed by atoms with Crippen LogP contribution in [0.25, 0.3) is 0 Å². The number of carboxylic acid groups (broad SMARTS) is 1. The first-order valence-electron chi connectivity index (χ1n) is 4.06. The number of carbonyl (C=O) groups excluding carboxylic acids is 1. The molecule has 0 aliphatic heterocycles. The van der Waals surface area contributed by atoms with Crippen LogP contribution in [0.3, 0.4) is 0 Å². The van der Waals surface area contributed by atoms with Gasteiger partial charge in [0.1, 0.15) is 18.2 Å². The predicted octanol–water partition coefficient (Wildman–Crippen LogP) is 0.350. The lowest BCUT2D eigenvalue weighted by molar-refractivity contribution is -0.157. The van der Waals surface area contributed by atoms with Gasteiger partial charge in [-0.3, -0.25) is 4.79 Å². The van der Waals surface area contributed by atoms with Crippen LogP contribution in [0.15, 0.2) is 0 Å². The maximum absolute atomic E-state index is 11.2. The van der Waals surface area contributed by atoms with E-state index in [9.17, 15) is 9.59 Å². The van der Waals surface area contributed by atoms with Crippen molar-refractivity contribution in [2.75, 3.05) is 6.61 Å². The molecule has 0 amide bonds. The molecule has 0 aliphatic rings. The molecule has 0 aliphatic carbocycles. The zero-order valence-electron chi connectivity index (χ0n) is 8.44. The average Bonchev–Trinajstić information content (AvgIpc) is 1.96. The molecule has 0 aromatic carbocycles. The molecule has 1 atom stereocenters. The highest BCUT2D eigenvalue weighted by Crippen LogP contribution is 2.07. The Hall–Kier alpha value is -1.30. The molecule has 0 aromatic heterocycles. The summed E-state index contributed by atoms with van der Waals surface area (Å²) in [6.07, 6.45) is -1.47. The number of esters is 1. The molecule has 0 spiro atoms. The summed E-state index contributed by atoms with van der Waals surface area (Å²) in [6, 6.07) is -1.08. The minimum atomic E-state index is -1.47. The summed E-state index contributed by atoms with van der Waals surface area (Å²) >= 11 is 0. The van der Waals surface area contributed by atoms with Crippen LogP contribution in [0.5, 0.6) is 0 Å². The van der Waals surface area contributed by atoms with Crippen molar-refractivity contribution in [1.82, 2.24) is 0 Å². The molecule has 14 heavy (non-hydrogen) atoms. The Kier molecular flexibility index (Phi) is 4.36. The van der Waals surface area contributed by atoms with Crippen LogP contribution in [-0.2, 0) is 14.3 Å². The lowest BCUT2D eigenvalue weighted by Crippen LogP contribution is -2.40. The van der Waals surface area contributed by atoms with Gasteiger partial charge in [-0.05, 0) is 20.8 Å². The molecule has 0 heterocycles. The Morgan fingerprint density at radius 3 is 2.29 bits per heavy atom. The van der Waals surface area contributed by atoms with Gasteiger partial charge in [-0.15, -0.1) is 0 Å². The van der Waals surface area contributed by atoms with Gasteiger partial charge in [0.2, 0.25) is 0 Å². The number of ether oxygens (including phenoxy) is 2. The third kappa shape index (κ3) is 6.24. The summed E-state index contributed by atoms with van der Waals surface area (Å²) in [5.41, 5.74) is 4.67. The maximum Gasteiger partial charge on any atom is 0.505 e. The molecular weight excluding hydrogens is 190 g/mol. The molecule has 0 rings (SSSR count). The van der Waals surface area contributed by atoms with Gasteiger partial charge in [-0.25, -0.2) is 4.79 Å². The molecule has 0 saturated carbocycles. The van der Waals surface area contributed by atoms with Gasteiger partial charge in [0, 0.05) is 0 Å². The number of hydrogen-bond acceptors (Lipinski definition) is 5. The summed E-state index contributed by atoms with van der Waals surface area (Å²) in [5.74, 6) is -0.682. The molecule has 6 nitrogen and oxygen atoms in total. The van der Waals surface area contributed by atoms with Crippen molar-refractivity contribution in [2.45, 2.75) is 32.4 Å². The van der Waals surface area contributed by atoms with E-state index in [1.807, 2.05) is 0 Å². The SMILES string of the molecule is CC(C)(C)OC(=O)C(N)COC(=O)O. The number of carbonyl (C=O) groups is 2. The van der Waals surface area contributed by atoms with Crippen molar-refractivity contribution in [3.05, 3.63) is 0 Å². The van der Waals surface area contributed by atoms with Crippen LogP contribution in [0.4, 0.5) is 4.79 Å². The molecule has 0 radical (unpaired) electrons. The quantitative estimate of drug-likeness (QED) is 0.645. The Bertz CT molecular complexity index is 220.